The number of carbonyl (C=O) groups is 2. The summed E-state index contributed by atoms with van der Waals surface area (Å²) in [6.07, 6.45) is -0.117. The Hall–Kier alpha value is -2.15. The van der Waals surface area contributed by atoms with Crippen LogP contribution in [0.3, 0.4) is 0 Å². The van der Waals surface area contributed by atoms with Crippen LogP contribution >= 0.6 is 11.3 Å². The van der Waals surface area contributed by atoms with Gasteiger partial charge < -0.3 is 10.4 Å². The lowest BCUT2D eigenvalue weighted by Gasteiger charge is -2.09. The molecule has 1 atom stereocenters. The fraction of sp³-hybridized carbons (Fsp3) is 0.250. The number of aromatic nitrogens is 2. The second-order valence-corrected chi connectivity index (χ2v) is 5.06. The Bertz CT molecular complexity index is 577. The molecule has 0 aliphatic rings. The van der Waals surface area contributed by atoms with E-state index in [1.165, 1.54) is 0 Å². The predicted molar refractivity (Wildman–Crippen MR) is 71.1 cm³/mol. The number of nitrogens with zero attached hydrogens (tertiary/aromatic N) is 1. The van der Waals surface area contributed by atoms with E-state index in [1.807, 2.05) is 17.5 Å². The summed E-state index contributed by atoms with van der Waals surface area (Å²) < 4.78 is 0. The third kappa shape index (κ3) is 3.41. The number of aliphatic carboxylic acids is 1. The Morgan fingerprint density at radius 1 is 1.58 bits per heavy atom. The van der Waals surface area contributed by atoms with Crippen molar-refractivity contribution in [3.05, 3.63) is 29.3 Å². The number of carboxylic acid groups (broad SMARTS) is 1. The SMILES string of the molecule is CC(CC(=O)O)NC(=O)c1cc(-c2cccs2)[nH]n1. The molecule has 0 bridgehead atoms. The number of amides is 1. The molecule has 0 saturated carbocycles. The van der Waals surface area contributed by atoms with Gasteiger partial charge in [0.2, 0.25) is 0 Å². The van der Waals surface area contributed by atoms with Gasteiger partial charge in [-0.2, -0.15) is 5.10 Å². The minimum Gasteiger partial charge on any atom is -0.481 e. The number of thiophene rings is 1. The van der Waals surface area contributed by atoms with Crippen molar-refractivity contribution in [1.29, 1.82) is 0 Å². The maximum atomic E-state index is 11.8. The number of rotatable bonds is 5. The summed E-state index contributed by atoms with van der Waals surface area (Å²) in [4.78, 5) is 23.3. The molecule has 0 radical (unpaired) electrons. The van der Waals surface area contributed by atoms with Crippen LogP contribution in [-0.4, -0.2) is 33.2 Å². The maximum Gasteiger partial charge on any atom is 0.305 e. The van der Waals surface area contributed by atoms with E-state index in [-0.39, 0.29) is 18.0 Å². The van der Waals surface area contributed by atoms with Crippen molar-refractivity contribution in [3.63, 3.8) is 0 Å². The van der Waals surface area contributed by atoms with Crippen LogP contribution in [0, 0.1) is 0 Å². The van der Waals surface area contributed by atoms with E-state index in [1.54, 1.807) is 24.3 Å². The molecule has 2 rings (SSSR count). The van der Waals surface area contributed by atoms with Crippen molar-refractivity contribution in [2.45, 2.75) is 19.4 Å². The molecular formula is C12H13N3O3S. The number of H-pyrrole nitrogens is 1. The Morgan fingerprint density at radius 2 is 2.37 bits per heavy atom. The first-order valence-corrected chi connectivity index (χ1v) is 6.56. The summed E-state index contributed by atoms with van der Waals surface area (Å²) in [5.74, 6) is -1.33. The van der Waals surface area contributed by atoms with Crippen molar-refractivity contribution in [3.8, 4) is 10.6 Å². The first-order chi connectivity index (χ1) is 9.06. The number of aromatic amines is 1. The monoisotopic (exact) mass is 279 g/mol. The van der Waals surface area contributed by atoms with Crippen LogP contribution in [0.15, 0.2) is 23.6 Å². The summed E-state index contributed by atoms with van der Waals surface area (Å²) >= 11 is 1.54. The number of nitrogens with one attached hydrogen (secondary N) is 2. The molecule has 2 heterocycles. The van der Waals surface area contributed by atoms with Gasteiger partial charge in [0.15, 0.2) is 5.69 Å². The first-order valence-electron chi connectivity index (χ1n) is 5.68. The molecule has 6 nitrogen and oxygen atoms in total. The topological polar surface area (TPSA) is 95.1 Å². The summed E-state index contributed by atoms with van der Waals surface area (Å²) in [6.45, 7) is 1.64. The lowest BCUT2D eigenvalue weighted by Crippen LogP contribution is -2.34. The molecule has 19 heavy (non-hydrogen) atoms. The van der Waals surface area contributed by atoms with Gasteiger partial charge in [0.25, 0.3) is 5.91 Å². The van der Waals surface area contributed by atoms with Crippen LogP contribution in [0.5, 0.6) is 0 Å². The fourth-order valence-electron chi connectivity index (χ4n) is 1.61. The smallest absolute Gasteiger partial charge is 0.305 e. The standard InChI is InChI=1S/C12H13N3O3S/c1-7(5-11(16)17)13-12(18)9-6-8(14-15-9)10-3-2-4-19-10/h2-4,6-7H,5H2,1H3,(H,13,18)(H,14,15)(H,16,17). The number of hydrogen-bond donors (Lipinski definition) is 3. The molecule has 2 aromatic rings. The largest absolute Gasteiger partial charge is 0.481 e. The van der Waals surface area contributed by atoms with Gasteiger partial charge in [-0.05, 0) is 24.4 Å². The van der Waals surface area contributed by atoms with Crippen LogP contribution in [0.4, 0.5) is 0 Å². The number of hydrogen-bond acceptors (Lipinski definition) is 4. The highest BCUT2D eigenvalue weighted by atomic mass is 32.1. The van der Waals surface area contributed by atoms with E-state index in [2.05, 4.69) is 15.5 Å². The first kappa shape index (κ1) is 13.3. The zero-order valence-electron chi connectivity index (χ0n) is 10.2. The van der Waals surface area contributed by atoms with E-state index in [9.17, 15) is 9.59 Å². The average molecular weight is 279 g/mol. The van der Waals surface area contributed by atoms with E-state index in [4.69, 9.17) is 5.11 Å². The van der Waals surface area contributed by atoms with Gasteiger partial charge in [-0.25, -0.2) is 0 Å². The van der Waals surface area contributed by atoms with Crippen molar-refractivity contribution in [2.24, 2.45) is 0 Å². The molecule has 0 spiro atoms. The van der Waals surface area contributed by atoms with Crippen LogP contribution in [0.25, 0.3) is 10.6 Å². The molecular weight excluding hydrogens is 266 g/mol. The summed E-state index contributed by atoms with van der Waals surface area (Å²) in [5.41, 5.74) is 1.02. The van der Waals surface area contributed by atoms with Crippen LogP contribution < -0.4 is 5.32 Å². The van der Waals surface area contributed by atoms with Gasteiger partial charge in [0.05, 0.1) is 17.0 Å². The van der Waals surface area contributed by atoms with Gasteiger partial charge in [-0.15, -0.1) is 11.3 Å². The van der Waals surface area contributed by atoms with Crippen molar-refractivity contribution in [1.82, 2.24) is 15.5 Å². The van der Waals surface area contributed by atoms with Crippen LogP contribution in [0.2, 0.25) is 0 Å². The molecule has 0 aromatic carbocycles. The summed E-state index contributed by atoms with van der Waals surface area (Å²) in [7, 11) is 0. The minimum absolute atomic E-state index is 0.117. The molecule has 1 amide bonds. The Kier molecular flexibility index (Phi) is 3.96. The molecule has 0 aliphatic heterocycles. The van der Waals surface area contributed by atoms with E-state index in [0.29, 0.717) is 0 Å². The highest BCUT2D eigenvalue weighted by Gasteiger charge is 2.15. The van der Waals surface area contributed by atoms with Gasteiger partial charge in [-0.3, -0.25) is 14.7 Å². The normalized spacial score (nSPS) is 12.1. The third-order valence-corrected chi connectivity index (χ3v) is 3.36. The third-order valence-electron chi connectivity index (χ3n) is 2.46. The van der Waals surface area contributed by atoms with Crippen LogP contribution in [-0.2, 0) is 4.79 Å². The molecule has 3 N–H and O–H groups in total. The summed E-state index contributed by atoms with van der Waals surface area (Å²) in [6, 6.07) is 5.05. The van der Waals surface area contributed by atoms with Crippen molar-refractivity contribution >= 4 is 23.2 Å². The molecule has 2 aromatic heterocycles. The second-order valence-electron chi connectivity index (χ2n) is 4.12. The zero-order chi connectivity index (χ0) is 13.8. The maximum absolute atomic E-state index is 11.8. The average Bonchev–Trinajstić information content (AvgIpc) is 2.99. The Labute approximate surface area is 113 Å². The molecule has 100 valence electrons. The van der Waals surface area contributed by atoms with E-state index in [0.717, 1.165) is 10.6 Å². The number of carbonyl (C=O) groups excluding carboxylic acids is 1. The van der Waals surface area contributed by atoms with Gasteiger partial charge in [0.1, 0.15) is 0 Å². The second kappa shape index (κ2) is 5.66. The quantitative estimate of drug-likeness (QED) is 0.776. The zero-order valence-corrected chi connectivity index (χ0v) is 11.0. The molecule has 0 fully saturated rings. The minimum atomic E-state index is -0.950. The van der Waals surface area contributed by atoms with E-state index >= 15 is 0 Å². The van der Waals surface area contributed by atoms with Crippen molar-refractivity contribution in [2.75, 3.05) is 0 Å². The van der Waals surface area contributed by atoms with Gasteiger partial charge in [0, 0.05) is 6.04 Å². The summed E-state index contributed by atoms with van der Waals surface area (Å²) in [5, 5.41) is 19.9. The molecule has 0 aliphatic carbocycles. The van der Waals surface area contributed by atoms with Crippen LogP contribution in [0.1, 0.15) is 23.8 Å². The van der Waals surface area contributed by atoms with Gasteiger partial charge in [-0.1, -0.05) is 6.07 Å². The molecule has 0 saturated heterocycles. The highest BCUT2D eigenvalue weighted by Crippen LogP contribution is 2.22. The number of carboxylic acids is 1. The lowest BCUT2D eigenvalue weighted by molar-refractivity contribution is -0.137. The lowest BCUT2D eigenvalue weighted by atomic mass is 10.2. The Morgan fingerprint density at radius 3 is 3.00 bits per heavy atom. The molecule has 7 heteroatoms. The van der Waals surface area contributed by atoms with Gasteiger partial charge >= 0.3 is 5.97 Å². The van der Waals surface area contributed by atoms with E-state index < -0.39 is 12.0 Å². The highest BCUT2D eigenvalue weighted by molar-refractivity contribution is 7.13. The Balaban J connectivity index is 2.02. The fourth-order valence-corrected chi connectivity index (χ4v) is 2.30. The predicted octanol–water partition coefficient (Wildman–Crippen LogP) is 1.73. The molecule has 1 unspecified atom stereocenters. The van der Waals surface area contributed by atoms with Crippen molar-refractivity contribution < 1.29 is 14.7 Å².